The fourth-order valence-corrected chi connectivity index (χ4v) is 5.36. The van der Waals surface area contributed by atoms with E-state index in [0.29, 0.717) is 4.90 Å². The number of benzene rings is 2. The highest BCUT2D eigenvalue weighted by Crippen LogP contribution is 2.34. The number of fused-ring (bicyclic) bond motifs is 2. The van der Waals surface area contributed by atoms with Gasteiger partial charge in [0, 0.05) is 66.8 Å². The van der Waals surface area contributed by atoms with Gasteiger partial charge in [0.05, 0.1) is 6.20 Å². The molecule has 0 bridgehead atoms. The Hall–Kier alpha value is -3.70. The summed E-state index contributed by atoms with van der Waals surface area (Å²) in [6, 6.07) is 15.8. The molecule has 184 valence electrons. The van der Waals surface area contributed by atoms with Gasteiger partial charge in [-0.05, 0) is 48.3 Å². The van der Waals surface area contributed by atoms with Crippen LogP contribution in [0.5, 0.6) is 0 Å². The van der Waals surface area contributed by atoms with E-state index < -0.39 is 11.0 Å². The van der Waals surface area contributed by atoms with Crippen molar-refractivity contribution in [2.45, 2.75) is 4.90 Å². The maximum Gasteiger partial charge on any atom is 0.182 e. The van der Waals surface area contributed by atoms with Crippen molar-refractivity contribution in [2.24, 2.45) is 5.14 Å². The Morgan fingerprint density at radius 2 is 1.58 bits per heavy atom. The van der Waals surface area contributed by atoms with Gasteiger partial charge < -0.3 is 15.3 Å². The maximum atomic E-state index is 12.1. The van der Waals surface area contributed by atoms with Crippen molar-refractivity contribution >= 4 is 33.2 Å². The molecule has 10 heteroatoms. The topological polar surface area (TPSA) is 123 Å². The van der Waals surface area contributed by atoms with E-state index in [4.69, 9.17) is 15.1 Å². The predicted octanol–water partition coefficient (Wildman–Crippen LogP) is 3.12. The van der Waals surface area contributed by atoms with Crippen LogP contribution in [-0.4, -0.2) is 63.2 Å². The summed E-state index contributed by atoms with van der Waals surface area (Å²) in [6.07, 6.45) is 7.57. The van der Waals surface area contributed by atoms with Crippen LogP contribution in [0.1, 0.15) is 0 Å². The molecule has 0 radical (unpaired) electrons. The first-order valence-corrected chi connectivity index (χ1v) is 12.9. The highest BCUT2D eigenvalue weighted by atomic mass is 32.2. The number of nitrogens with two attached hydrogens (primary N) is 1. The Morgan fingerprint density at radius 1 is 0.833 bits per heavy atom. The third-order valence-electron chi connectivity index (χ3n) is 6.69. The van der Waals surface area contributed by atoms with E-state index in [1.807, 2.05) is 61.2 Å². The Kier molecular flexibility index (Phi) is 6.50. The third kappa shape index (κ3) is 4.24. The van der Waals surface area contributed by atoms with E-state index in [2.05, 4.69) is 34.1 Å². The summed E-state index contributed by atoms with van der Waals surface area (Å²) in [7, 11) is 0.214. The van der Waals surface area contributed by atoms with E-state index >= 15 is 0 Å². The third-order valence-corrected chi connectivity index (χ3v) is 7.56. The highest BCUT2D eigenvalue weighted by molar-refractivity contribution is 7.82. The molecular weight excluding hydrogens is 474 g/mol. The summed E-state index contributed by atoms with van der Waals surface area (Å²) in [6.45, 7) is 4.08. The van der Waals surface area contributed by atoms with Crippen molar-refractivity contribution in [2.75, 3.05) is 38.1 Å². The zero-order valence-electron chi connectivity index (χ0n) is 19.8. The molecule has 1 aliphatic rings. The molecular formula is C26H27N7O2S. The minimum Gasteiger partial charge on any atom is -0.870 e. The number of likely N-dealkylation sites (N-methyl/N-ethyl adjacent to an activating group) is 1. The number of hydrogen-bond acceptors (Lipinski definition) is 7. The molecule has 2 aromatic carbocycles. The van der Waals surface area contributed by atoms with Crippen LogP contribution in [-0.2, 0) is 15.2 Å². The van der Waals surface area contributed by atoms with E-state index in [1.54, 1.807) is 4.52 Å². The van der Waals surface area contributed by atoms with Gasteiger partial charge in [-0.3, -0.25) is 0 Å². The summed E-state index contributed by atoms with van der Waals surface area (Å²) in [5, 5.41) is 12.2. The lowest BCUT2D eigenvalue weighted by atomic mass is 10.00. The normalized spacial score (nSPS) is 15.2. The molecule has 3 N–H and O–H groups in total. The monoisotopic (exact) mass is 501 g/mol. The minimum atomic E-state index is -1.94. The number of aromatic nitrogens is 4. The molecule has 5 aromatic rings. The summed E-state index contributed by atoms with van der Waals surface area (Å²) in [4.78, 5) is 14.8. The molecule has 1 aliphatic heterocycles. The molecule has 1 unspecified atom stereocenters. The van der Waals surface area contributed by atoms with E-state index in [0.717, 1.165) is 70.7 Å². The van der Waals surface area contributed by atoms with E-state index in [-0.39, 0.29) is 5.48 Å². The zero-order chi connectivity index (χ0) is 23.9. The molecule has 36 heavy (non-hydrogen) atoms. The van der Waals surface area contributed by atoms with Gasteiger partial charge in [-0.25, -0.2) is 14.5 Å². The second-order valence-electron chi connectivity index (χ2n) is 8.87. The SMILES string of the molecule is CN1CCN(c2ccc(-c3cnc4c(-c5ccc([SH+](N)=O)c6ccccc56)cnn4c3)cn2)CC1.[OH-]. The lowest BCUT2D eigenvalue weighted by Crippen LogP contribution is -2.44. The van der Waals surface area contributed by atoms with Crippen LogP contribution >= 0.6 is 0 Å². The van der Waals surface area contributed by atoms with Crippen LogP contribution in [0.4, 0.5) is 5.82 Å². The Labute approximate surface area is 211 Å². The number of rotatable bonds is 4. The quantitative estimate of drug-likeness (QED) is 0.296. The standard InChI is InChI=1S/C26H25N7OS.H2O/c1-31-10-12-32(13-11-31)25-9-6-18(14-28-25)19-15-29-26-23(16-30-33(26)17-19)21-7-8-24(35(27)34)22-5-3-2-4-20(21)22;/h2-9,14-17H,10-13H2,1H3,(H2,27,34);1H2. The lowest BCUT2D eigenvalue weighted by Gasteiger charge is -2.33. The van der Waals surface area contributed by atoms with Crippen molar-refractivity contribution in [3.8, 4) is 22.3 Å². The van der Waals surface area contributed by atoms with Gasteiger partial charge in [0.25, 0.3) is 0 Å². The molecule has 1 saturated heterocycles. The van der Waals surface area contributed by atoms with Crippen LogP contribution in [0.3, 0.4) is 0 Å². The molecule has 3 aromatic heterocycles. The van der Waals surface area contributed by atoms with Gasteiger partial charge in [-0.1, -0.05) is 22.4 Å². The lowest BCUT2D eigenvalue weighted by molar-refractivity contribution is 0.312. The first kappa shape index (κ1) is 24.0. The summed E-state index contributed by atoms with van der Waals surface area (Å²) in [5.41, 5.74) is 4.59. The van der Waals surface area contributed by atoms with Crippen molar-refractivity contribution < 1.29 is 9.69 Å². The number of thiol groups is 1. The molecule has 6 rings (SSSR count). The van der Waals surface area contributed by atoms with Crippen molar-refractivity contribution in [1.82, 2.24) is 24.5 Å². The van der Waals surface area contributed by atoms with Gasteiger partial charge in [-0.2, -0.15) is 5.10 Å². The second kappa shape index (κ2) is 9.75. The molecule has 0 aliphatic carbocycles. The fraction of sp³-hybridized carbons (Fsp3) is 0.192. The average Bonchev–Trinajstić information content (AvgIpc) is 3.31. The van der Waals surface area contributed by atoms with E-state index in [1.165, 1.54) is 0 Å². The predicted molar refractivity (Wildman–Crippen MR) is 143 cm³/mol. The second-order valence-corrected chi connectivity index (χ2v) is 10.0. The van der Waals surface area contributed by atoms with Crippen LogP contribution in [0.15, 0.2) is 78.2 Å². The first-order valence-electron chi connectivity index (χ1n) is 11.6. The zero-order valence-corrected chi connectivity index (χ0v) is 20.7. The number of hydrogen-bond donors (Lipinski definition) is 1. The Morgan fingerprint density at radius 3 is 2.31 bits per heavy atom. The van der Waals surface area contributed by atoms with Crippen molar-refractivity contribution in [3.05, 3.63) is 73.3 Å². The van der Waals surface area contributed by atoms with Gasteiger partial charge in [0.2, 0.25) is 0 Å². The summed E-state index contributed by atoms with van der Waals surface area (Å²) in [5.74, 6) is 1.01. The largest absolute Gasteiger partial charge is 0.870 e. The molecule has 9 nitrogen and oxygen atoms in total. The molecule has 0 spiro atoms. The van der Waals surface area contributed by atoms with Crippen LogP contribution < -0.4 is 10.0 Å². The molecule has 1 atom stereocenters. The van der Waals surface area contributed by atoms with Gasteiger partial charge >= 0.3 is 0 Å². The van der Waals surface area contributed by atoms with Crippen molar-refractivity contribution in [3.63, 3.8) is 0 Å². The molecule has 0 saturated carbocycles. The van der Waals surface area contributed by atoms with Gasteiger partial charge in [0.1, 0.15) is 5.82 Å². The molecule has 1 fully saturated rings. The van der Waals surface area contributed by atoms with Crippen LogP contribution in [0.2, 0.25) is 0 Å². The van der Waals surface area contributed by atoms with Crippen LogP contribution in [0.25, 0.3) is 38.7 Å². The molecule has 4 heterocycles. The van der Waals surface area contributed by atoms with E-state index in [9.17, 15) is 4.21 Å². The average molecular weight is 502 g/mol. The summed E-state index contributed by atoms with van der Waals surface area (Å²) < 4.78 is 13.8. The first-order chi connectivity index (χ1) is 17.1. The number of pyridine rings is 1. The van der Waals surface area contributed by atoms with Gasteiger partial charge in [0.15, 0.2) is 21.5 Å². The molecule has 0 amide bonds. The maximum absolute atomic E-state index is 12.1. The number of piperazine rings is 1. The minimum absolute atomic E-state index is 0. The van der Waals surface area contributed by atoms with Crippen LogP contribution in [0, 0.1) is 0 Å². The summed E-state index contributed by atoms with van der Waals surface area (Å²) >= 11 is 0. The highest BCUT2D eigenvalue weighted by Gasteiger charge is 2.18. The number of nitrogens with zero attached hydrogens (tertiary/aromatic N) is 6. The Bertz CT molecular complexity index is 1560. The smallest absolute Gasteiger partial charge is 0.182 e. The number of anilines is 1. The fourth-order valence-electron chi connectivity index (χ4n) is 4.70. The van der Waals surface area contributed by atoms with Gasteiger partial charge in [-0.15, -0.1) is 5.14 Å². The van der Waals surface area contributed by atoms with Crippen molar-refractivity contribution in [1.29, 1.82) is 0 Å². The Balaban J connectivity index is 0.00000267.